The molecule has 5 nitrogen and oxygen atoms in total. The average molecular weight is 305 g/mol. The lowest BCUT2D eigenvalue weighted by molar-refractivity contribution is 0.0972. The zero-order chi connectivity index (χ0) is 14.7. The predicted octanol–water partition coefficient (Wildman–Crippen LogP) is 2.82. The zero-order valence-electron chi connectivity index (χ0n) is 9.97. The molecule has 0 fully saturated rings. The molecule has 0 aliphatic carbocycles. The molecule has 1 aromatic heterocycles. The van der Waals surface area contributed by atoms with E-state index in [1.165, 1.54) is 23.0 Å². The van der Waals surface area contributed by atoms with E-state index in [1.54, 1.807) is 12.1 Å². The van der Waals surface area contributed by atoms with Crippen molar-refractivity contribution >= 4 is 29.0 Å². The molecule has 0 aliphatic rings. The number of benzene rings is 1. The molecule has 0 saturated carbocycles. The highest BCUT2D eigenvalue weighted by Gasteiger charge is 2.14. The highest BCUT2D eigenvalue weighted by Crippen LogP contribution is 2.23. The Morgan fingerprint density at radius 1 is 1.25 bits per heavy atom. The van der Waals surface area contributed by atoms with Crippen LogP contribution in [0.15, 0.2) is 24.5 Å². The average Bonchev–Trinajstić information content (AvgIpc) is 2.83. The van der Waals surface area contributed by atoms with Crippen LogP contribution in [0.4, 0.5) is 0 Å². The zero-order valence-corrected chi connectivity index (χ0v) is 11.5. The van der Waals surface area contributed by atoms with E-state index in [9.17, 15) is 4.79 Å². The number of nitriles is 2. The van der Waals surface area contributed by atoms with Crippen LogP contribution < -0.4 is 0 Å². The van der Waals surface area contributed by atoms with Gasteiger partial charge in [0.1, 0.15) is 12.1 Å². The van der Waals surface area contributed by atoms with Gasteiger partial charge in [-0.25, -0.2) is 4.98 Å². The Hall–Kier alpha value is -2.34. The van der Waals surface area contributed by atoms with Crippen LogP contribution in [0.25, 0.3) is 0 Å². The first-order valence-corrected chi connectivity index (χ1v) is 6.16. The summed E-state index contributed by atoms with van der Waals surface area (Å²) in [5, 5.41) is 18.4. The summed E-state index contributed by atoms with van der Waals surface area (Å²) in [7, 11) is 0. The molecule has 0 saturated heterocycles. The van der Waals surface area contributed by atoms with Crippen molar-refractivity contribution in [3.8, 4) is 12.1 Å². The molecule has 0 N–H and O–H groups in total. The van der Waals surface area contributed by atoms with Gasteiger partial charge in [-0.3, -0.25) is 4.79 Å². The Morgan fingerprint density at radius 3 is 2.60 bits per heavy atom. The molecule has 7 heteroatoms. The van der Waals surface area contributed by atoms with Crippen LogP contribution in [0, 0.1) is 22.7 Å². The molecular weight excluding hydrogens is 299 g/mol. The quantitative estimate of drug-likeness (QED) is 0.816. The Morgan fingerprint density at radius 2 is 2.00 bits per heavy atom. The molecule has 0 amide bonds. The summed E-state index contributed by atoms with van der Waals surface area (Å²) in [6, 6.07) is 8.17. The summed E-state index contributed by atoms with van der Waals surface area (Å²) < 4.78 is 1.32. The minimum Gasteiger partial charge on any atom is -0.313 e. The lowest BCUT2D eigenvalue weighted by Crippen LogP contribution is -2.11. The van der Waals surface area contributed by atoms with E-state index in [1.807, 2.05) is 6.07 Å². The van der Waals surface area contributed by atoms with Gasteiger partial charge in [-0.1, -0.05) is 23.2 Å². The molecule has 1 heterocycles. The Kier molecular flexibility index (Phi) is 4.05. The van der Waals surface area contributed by atoms with Gasteiger partial charge in [0.25, 0.3) is 0 Å². The van der Waals surface area contributed by atoms with Crippen molar-refractivity contribution < 1.29 is 4.79 Å². The Labute approximate surface area is 124 Å². The van der Waals surface area contributed by atoms with Gasteiger partial charge in [0.05, 0.1) is 22.9 Å². The van der Waals surface area contributed by atoms with E-state index in [0.29, 0.717) is 10.6 Å². The monoisotopic (exact) mass is 304 g/mol. The van der Waals surface area contributed by atoms with Crippen LogP contribution in [0.5, 0.6) is 0 Å². The highest BCUT2D eigenvalue weighted by atomic mass is 35.5. The third-order valence-corrected chi connectivity index (χ3v) is 3.34. The van der Waals surface area contributed by atoms with Crippen LogP contribution in [0.3, 0.4) is 0 Å². The summed E-state index contributed by atoms with van der Waals surface area (Å²) in [5.74, 6) is -0.262. The van der Waals surface area contributed by atoms with Gasteiger partial charge in [-0.05, 0) is 18.2 Å². The van der Waals surface area contributed by atoms with Crippen LogP contribution in [-0.2, 0) is 6.54 Å². The number of hydrogen-bond donors (Lipinski definition) is 0. The third kappa shape index (κ3) is 2.65. The summed E-state index contributed by atoms with van der Waals surface area (Å²) >= 11 is 11.6. The molecule has 0 atom stereocenters. The van der Waals surface area contributed by atoms with Gasteiger partial charge in [0.15, 0.2) is 17.2 Å². The maximum absolute atomic E-state index is 12.1. The Balaban J connectivity index is 2.29. The smallest absolute Gasteiger partial charge is 0.182 e. The normalized spacial score (nSPS) is 9.80. The molecule has 98 valence electrons. The molecule has 0 bridgehead atoms. The first-order valence-electron chi connectivity index (χ1n) is 5.40. The number of rotatable bonds is 3. The van der Waals surface area contributed by atoms with E-state index in [0.717, 1.165) is 0 Å². The van der Waals surface area contributed by atoms with E-state index < -0.39 is 0 Å². The second-order valence-electron chi connectivity index (χ2n) is 3.85. The minimum atomic E-state index is -0.262. The second kappa shape index (κ2) is 5.75. The fourth-order valence-electron chi connectivity index (χ4n) is 1.62. The van der Waals surface area contributed by atoms with Crippen molar-refractivity contribution in [3.05, 3.63) is 51.5 Å². The van der Waals surface area contributed by atoms with E-state index in [2.05, 4.69) is 4.98 Å². The summed E-state index contributed by atoms with van der Waals surface area (Å²) in [5.41, 5.74) is 0.422. The number of Topliss-reactive ketones (excluding diaryl/α,β-unsaturated/α-hetero) is 1. The molecule has 1 aromatic carbocycles. The maximum Gasteiger partial charge on any atom is 0.182 e. The molecule has 2 rings (SSSR count). The maximum atomic E-state index is 12.1. The number of ketones is 1. The summed E-state index contributed by atoms with van der Waals surface area (Å²) in [6.45, 7) is -0.102. The number of nitrogens with zero attached hydrogens (tertiary/aromatic N) is 4. The first kappa shape index (κ1) is 14.1. The predicted molar refractivity (Wildman–Crippen MR) is 72.4 cm³/mol. The van der Waals surface area contributed by atoms with E-state index in [4.69, 9.17) is 33.7 Å². The molecule has 2 aromatic rings. The number of aromatic nitrogens is 2. The van der Waals surface area contributed by atoms with E-state index >= 15 is 0 Å². The van der Waals surface area contributed by atoms with Crippen LogP contribution >= 0.6 is 23.2 Å². The number of halogens is 2. The van der Waals surface area contributed by atoms with Gasteiger partial charge in [0.2, 0.25) is 0 Å². The fraction of sp³-hybridized carbons (Fsp3) is 0.0769. The lowest BCUT2D eigenvalue weighted by atomic mass is 10.1. The molecule has 0 aliphatic heterocycles. The van der Waals surface area contributed by atoms with Crippen molar-refractivity contribution in [1.82, 2.24) is 9.55 Å². The third-order valence-electron chi connectivity index (χ3n) is 2.61. The first-order chi connectivity index (χ1) is 9.56. The summed E-state index contributed by atoms with van der Waals surface area (Å²) in [4.78, 5) is 15.9. The number of carbonyl (C=O) groups excluding carboxylic acids is 1. The van der Waals surface area contributed by atoms with E-state index in [-0.39, 0.29) is 28.7 Å². The van der Waals surface area contributed by atoms with Crippen LogP contribution in [0.1, 0.15) is 21.7 Å². The number of hydrogen-bond acceptors (Lipinski definition) is 4. The second-order valence-corrected chi connectivity index (χ2v) is 4.66. The van der Waals surface area contributed by atoms with Crippen molar-refractivity contribution in [2.45, 2.75) is 6.54 Å². The minimum absolute atomic E-state index is 0.00515. The summed E-state index contributed by atoms with van der Waals surface area (Å²) in [6.07, 6.45) is 1.28. The number of imidazole rings is 1. The fourth-order valence-corrected chi connectivity index (χ4v) is 1.91. The van der Waals surface area contributed by atoms with Crippen LogP contribution in [0.2, 0.25) is 10.0 Å². The molecule has 0 spiro atoms. The largest absolute Gasteiger partial charge is 0.313 e. The SMILES string of the molecule is N#Cc1ncn(CC(=O)c2ccc(Cl)c(Cl)c2)c1C#N. The van der Waals surface area contributed by atoms with Gasteiger partial charge >= 0.3 is 0 Å². The van der Waals surface area contributed by atoms with Crippen molar-refractivity contribution in [2.75, 3.05) is 0 Å². The molecular formula is C13H6Cl2N4O. The van der Waals surface area contributed by atoms with Crippen molar-refractivity contribution in [2.24, 2.45) is 0 Å². The molecule has 0 radical (unpaired) electrons. The van der Waals surface area contributed by atoms with Gasteiger partial charge in [0, 0.05) is 5.56 Å². The molecule has 0 unspecified atom stereocenters. The Bertz CT molecular complexity index is 768. The lowest BCUT2D eigenvalue weighted by Gasteiger charge is -2.04. The van der Waals surface area contributed by atoms with Crippen molar-refractivity contribution in [1.29, 1.82) is 10.5 Å². The van der Waals surface area contributed by atoms with Gasteiger partial charge < -0.3 is 4.57 Å². The van der Waals surface area contributed by atoms with Gasteiger partial charge in [-0.15, -0.1) is 0 Å². The van der Waals surface area contributed by atoms with Crippen molar-refractivity contribution in [3.63, 3.8) is 0 Å². The number of carbonyl (C=O) groups is 1. The topological polar surface area (TPSA) is 82.5 Å². The molecule has 20 heavy (non-hydrogen) atoms. The highest BCUT2D eigenvalue weighted by molar-refractivity contribution is 6.42. The standard InChI is InChI=1S/C13H6Cl2N4O/c14-9-2-1-8(3-10(9)15)13(20)6-19-7-18-11(4-16)12(19)5-17/h1-3,7H,6H2. The van der Waals surface area contributed by atoms with Crippen LogP contribution in [-0.4, -0.2) is 15.3 Å². The van der Waals surface area contributed by atoms with Gasteiger partial charge in [-0.2, -0.15) is 10.5 Å².